The maximum absolute atomic E-state index is 12.2. The molecular weight excluding hydrogens is 380 g/mol. The average Bonchev–Trinajstić information content (AvgIpc) is 2.61. The van der Waals surface area contributed by atoms with Gasteiger partial charge >= 0.3 is 0 Å². The Morgan fingerprint density at radius 1 is 1.16 bits per heavy atom. The van der Waals surface area contributed by atoms with E-state index < -0.39 is 0 Å². The van der Waals surface area contributed by atoms with Gasteiger partial charge in [-0.2, -0.15) is 5.10 Å². The van der Waals surface area contributed by atoms with Crippen LogP contribution in [0.1, 0.15) is 16.7 Å². The van der Waals surface area contributed by atoms with Crippen LogP contribution in [-0.4, -0.2) is 17.2 Å². The second-order valence-corrected chi connectivity index (χ2v) is 6.64. The van der Waals surface area contributed by atoms with Gasteiger partial charge in [-0.25, -0.2) is 5.43 Å². The Balaban J connectivity index is 1.72. The van der Waals surface area contributed by atoms with Crippen LogP contribution in [0.4, 0.5) is 0 Å². The molecule has 0 unspecified atom stereocenters. The summed E-state index contributed by atoms with van der Waals surface area (Å²) >= 11 is 3.53. The van der Waals surface area contributed by atoms with Crippen molar-refractivity contribution in [2.24, 2.45) is 5.10 Å². The van der Waals surface area contributed by atoms with Gasteiger partial charge in [-0.05, 0) is 41.5 Å². The minimum atomic E-state index is -0.212. The van der Waals surface area contributed by atoms with Crippen LogP contribution in [0.5, 0.6) is 5.75 Å². The SMILES string of the molecule is Cc1ccc(O)c(C=NNC(=O)Cc2ccc(Br)c3ccccc23)c1. The van der Waals surface area contributed by atoms with Gasteiger partial charge in [0.1, 0.15) is 5.75 Å². The van der Waals surface area contributed by atoms with Gasteiger partial charge in [0.25, 0.3) is 0 Å². The first-order valence-electron chi connectivity index (χ1n) is 7.82. The van der Waals surface area contributed by atoms with Crippen molar-refractivity contribution in [3.05, 3.63) is 75.8 Å². The molecule has 1 amide bonds. The Morgan fingerprint density at radius 2 is 1.92 bits per heavy atom. The molecule has 3 aromatic carbocycles. The minimum Gasteiger partial charge on any atom is -0.507 e. The number of phenolic OH excluding ortho intramolecular Hbond substituents is 1. The van der Waals surface area contributed by atoms with Crippen molar-refractivity contribution in [3.63, 3.8) is 0 Å². The molecule has 0 saturated carbocycles. The predicted octanol–water partition coefficient (Wildman–Crippen LogP) is 4.31. The highest BCUT2D eigenvalue weighted by Crippen LogP contribution is 2.27. The summed E-state index contributed by atoms with van der Waals surface area (Å²) in [6, 6.07) is 17.0. The van der Waals surface area contributed by atoms with Gasteiger partial charge in [0.2, 0.25) is 5.91 Å². The van der Waals surface area contributed by atoms with E-state index in [4.69, 9.17) is 0 Å². The average molecular weight is 397 g/mol. The molecule has 0 heterocycles. The minimum absolute atomic E-state index is 0.127. The number of hydrogen-bond acceptors (Lipinski definition) is 3. The summed E-state index contributed by atoms with van der Waals surface area (Å²) in [5.41, 5.74) is 5.02. The van der Waals surface area contributed by atoms with Gasteiger partial charge in [0, 0.05) is 10.0 Å². The smallest absolute Gasteiger partial charge is 0.244 e. The van der Waals surface area contributed by atoms with Crippen LogP contribution in [0, 0.1) is 6.92 Å². The van der Waals surface area contributed by atoms with Crippen LogP contribution in [0.25, 0.3) is 10.8 Å². The maximum atomic E-state index is 12.2. The molecule has 4 nitrogen and oxygen atoms in total. The lowest BCUT2D eigenvalue weighted by Gasteiger charge is -2.07. The molecule has 0 fully saturated rings. The molecule has 2 N–H and O–H groups in total. The third kappa shape index (κ3) is 4.06. The zero-order chi connectivity index (χ0) is 17.8. The lowest BCUT2D eigenvalue weighted by Crippen LogP contribution is -2.19. The van der Waals surface area contributed by atoms with Crippen molar-refractivity contribution in [2.75, 3.05) is 0 Å². The molecule has 5 heteroatoms. The maximum Gasteiger partial charge on any atom is 0.244 e. The molecule has 0 atom stereocenters. The molecule has 0 spiro atoms. The zero-order valence-electron chi connectivity index (χ0n) is 13.7. The monoisotopic (exact) mass is 396 g/mol. The van der Waals surface area contributed by atoms with Gasteiger partial charge in [0.05, 0.1) is 12.6 Å². The number of halogens is 1. The predicted molar refractivity (Wildman–Crippen MR) is 104 cm³/mol. The Bertz CT molecular complexity index is 967. The highest BCUT2D eigenvalue weighted by Gasteiger charge is 2.08. The third-order valence-corrected chi connectivity index (χ3v) is 4.58. The number of rotatable bonds is 4. The summed E-state index contributed by atoms with van der Waals surface area (Å²) in [5.74, 6) is -0.0848. The van der Waals surface area contributed by atoms with Crippen molar-refractivity contribution in [1.82, 2.24) is 5.43 Å². The second kappa shape index (κ2) is 7.49. The molecule has 0 aromatic heterocycles. The molecule has 25 heavy (non-hydrogen) atoms. The number of amides is 1. The van der Waals surface area contributed by atoms with Crippen LogP contribution in [0.15, 0.2) is 64.2 Å². The van der Waals surface area contributed by atoms with E-state index >= 15 is 0 Å². The fourth-order valence-electron chi connectivity index (χ4n) is 2.64. The van der Waals surface area contributed by atoms with E-state index in [0.717, 1.165) is 26.4 Å². The zero-order valence-corrected chi connectivity index (χ0v) is 15.2. The lowest BCUT2D eigenvalue weighted by atomic mass is 10.0. The fourth-order valence-corrected chi connectivity index (χ4v) is 3.12. The Labute approximate surface area is 154 Å². The number of carbonyl (C=O) groups excluding carboxylic acids is 1. The Morgan fingerprint density at radius 3 is 2.72 bits per heavy atom. The number of hydrazone groups is 1. The number of phenols is 1. The van der Waals surface area contributed by atoms with Gasteiger partial charge in [-0.15, -0.1) is 0 Å². The summed E-state index contributed by atoms with van der Waals surface area (Å²) in [5, 5.41) is 15.8. The number of nitrogens with one attached hydrogen (secondary N) is 1. The van der Waals surface area contributed by atoms with Crippen LogP contribution in [0.3, 0.4) is 0 Å². The summed E-state index contributed by atoms with van der Waals surface area (Å²) < 4.78 is 1.00. The van der Waals surface area contributed by atoms with Crippen molar-refractivity contribution in [2.45, 2.75) is 13.3 Å². The summed E-state index contributed by atoms with van der Waals surface area (Å²) in [6.07, 6.45) is 1.67. The Hall–Kier alpha value is -2.66. The lowest BCUT2D eigenvalue weighted by molar-refractivity contribution is -0.120. The van der Waals surface area contributed by atoms with E-state index in [9.17, 15) is 9.90 Å². The van der Waals surface area contributed by atoms with Gasteiger partial charge < -0.3 is 5.11 Å². The first-order valence-corrected chi connectivity index (χ1v) is 8.61. The molecule has 0 aliphatic carbocycles. The van der Waals surface area contributed by atoms with Crippen LogP contribution < -0.4 is 5.43 Å². The summed E-state index contributed by atoms with van der Waals surface area (Å²) in [7, 11) is 0. The number of benzene rings is 3. The van der Waals surface area contributed by atoms with Crippen molar-refractivity contribution in [3.8, 4) is 5.75 Å². The number of aromatic hydroxyl groups is 1. The van der Waals surface area contributed by atoms with Gasteiger partial charge in [0.15, 0.2) is 0 Å². The van der Waals surface area contributed by atoms with E-state index in [1.807, 2.05) is 49.4 Å². The molecule has 0 aliphatic rings. The molecule has 126 valence electrons. The normalized spacial score (nSPS) is 11.1. The third-order valence-electron chi connectivity index (χ3n) is 3.89. The number of fused-ring (bicyclic) bond motifs is 1. The molecule has 0 saturated heterocycles. The van der Waals surface area contributed by atoms with Crippen LogP contribution in [0.2, 0.25) is 0 Å². The fraction of sp³-hybridized carbons (Fsp3) is 0.100. The number of nitrogens with zero attached hydrogens (tertiary/aromatic N) is 1. The van der Waals surface area contributed by atoms with E-state index in [2.05, 4.69) is 26.5 Å². The molecule has 3 rings (SSSR count). The Kier molecular flexibility index (Phi) is 5.14. The van der Waals surface area contributed by atoms with Gasteiger partial charge in [-0.1, -0.05) is 57.9 Å². The van der Waals surface area contributed by atoms with E-state index in [1.54, 1.807) is 12.1 Å². The first kappa shape index (κ1) is 17.2. The van der Waals surface area contributed by atoms with E-state index in [1.165, 1.54) is 6.21 Å². The van der Waals surface area contributed by atoms with Crippen molar-refractivity contribution < 1.29 is 9.90 Å². The molecular formula is C20H17BrN2O2. The van der Waals surface area contributed by atoms with Crippen molar-refractivity contribution in [1.29, 1.82) is 0 Å². The molecule has 3 aromatic rings. The van der Waals surface area contributed by atoms with Gasteiger partial charge in [-0.3, -0.25) is 4.79 Å². The highest BCUT2D eigenvalue weighted by atomic mass is 79.9. The highest BCUT2D eigenvalue weighted by molar-refractivity contribution is 9.10. The quantitative estimate of drug-likeness (QED) is 0.509. The van der Waals surface area contributed by atoms with E-state index in [0.29, 0.717) is 5.56 Å². The molecule has 0 bridgehead atoms. The standard InChI is InChI=1S/C20H17BrN2O2/c1-13-6-9-19(24)15(10-13)12-22-23-20(25)11-14-7-8-18(21)17-5-3-2-4-16(14)17/h2-10,12,24H,11H2,1H3,(H,23,25). The van der Waals surface area contributed by atoms with E-state index in [-0.39, 0.29) is 18.1 Å². The summed E-state index contributed by atoms with van der Waals surface area (Å²) in [4.78, 5) is 12.2. The topological polar surface area (TPSA) is 61.7 Å². The first-order chi connectivity index (χ1) is 12.0. The summed E-state index contributed by atoms with van der Waals surface area (Å²) in [6.45, 7) is 1.92. The number of aryl methyl sites for hydroxylation is 1. The molecule has 0 aliphatic heterocycles. The van der Waals surface area contributed by atoms with Crippen molar-refractivity contribution >= 4 is 38.8 Å². The van der Waals surface area contributed by atoms with Crippen LogP contribution in [-0.2, 0) is 11.2 Å². The van der Waals surface area contributed by atoms with Crippen LogP contribution >= 0.6 is 15.9 Å². The largest absolute Gasteiger partial charge is 0.507 e. The molecule has 0 radical (unpaired) electrons. The number of hydrogen-bond donors (Lipinski definition) is 2. The second-order valence-electron chi connectivity index (χ2n) is 5.78. The number of carbonyl (C=O) groups is 1.